The normalized spacial score (nSPS) is 18.2. The van der Waals surface area contributed by atoms with Crippen LogP contribution in [0.4, 0.5) is 18.9 Å². The molecule has 1 saturated heterocycles. The second-order valence-electron chi connectivity index (χ2n) is 7.13. The van der Waals surface area contributed by atoms with E-state index < -0.39 is 35.2 Å². The SMILES string of the molecule is O=C1C(=O)N(c2cccc(C(F)(F)F)c2)[C@@H](c2ccc(Br)cc2)C1=C(O)c1ccccc1. The third-order valence-electron chi connectivity index (χ3n) is 5.13. The number of hydrogen-bond acceptors (Lipinski definition) is 3. The van der Waals surface area contributed by atoms with Crippen LogP contribution in [0.25, 0.3) is 5.76 Å². The van der Waals surface area contributed by atoms with Crippen LogP contribution in [0, 0.1) is 0 Å². The summed E-state index contributed by atoms with van der Waals surface area (Å²) in [5, 5.41) is 10.9. The van der Waals surface area contributed by atoms with Crippen LogP contribution in [0.5, 0.6) is 0 Å². The number of anilines is 1. The van der Waals surface area contributed by atoms with Crippen molar-refractivity contribution in [2.24, 2.45) is 0 Å². The maximum absolute atomic E-state index is 13.3. The van der Waals surface area contributed by atoms with Gasteiger partial charge in [-0.1, -0.05) is 64.5 Å². The van der Waals surface area contributed by atoms with Crippen molar-refractivity contribution in [3.8, 4) is 0 Å². The molecular formula is C24H15BrF3NO3. The lowest BCUT2D eigenvalue weighted by Gasteiger charge is -2.26. The van der Waals surface area contributed by atoms with E-state index in [0.29, 0.717) is 11.1 Å². The number of benzene rings is 3. The fourth-order valence-electron chi connectivity index (χ4n) is 3.64. The first kappa shape index (κ1) is 21.8. The van der Waals surface area contributed by atoms with Gasteiger partial charge in [-0.3, -0.25) is 14.5 Å². The summed E-state index contributed by atoms with van der Waals surface area (Å²) in [6.07, 6.45) is -4.62. The molecule has 0 radical (unpaired) electrons. The number of rotatable bonds is 3. The van der Waals surface area contributed by atoms with Crippen LogP contribution in [-0.2, 0) is 15.8 Å². The molecule has 32 heavy (non-hydrogen) atoms. The van der Waals surface area contributed by atoms with Gasteiger partial charge in [-0.15, -0.1) is 0 Å². The number of carbonyl (C=O) groups is 2. The molecule has 0 bridgehead atoms. The molecule has 1 N–H and O–H groups in total. The molecule has 8 heteroatoms. The molecule has 0 unspecified atom stereocenters. The van der Waals surface area contributed by atoms with Crippen molar-refractivity contribution in [1.82, 2.24) is 0 Å². The van der Waals surface area contributed by atoms with E-state index in [2.05, 4.69) is 15.9 Å². The number of hydrogen-bond donors (Lipinski definition) is 1. The highest BCUT2D eigenvalue weighted by Gasteiger charge is 2.47. The predicted molar refractivity (Wildman–Crippen MR) is 117 cm³/mol. The topological polar surface area (TPSA) is 57.6 Å². The highest BCUT2D eigenvalue weighted by atomic mass is 79.9. The quantitative estimate of drug-likeness (QED) is 0.268. The van der Waals surface area contributed by atoms with E-state index >= 15 is 0 Å². The third-order valence-corrected chi connectivity index (χ3v) is 5.66. The summed E-state index contributed by atoms with van der Waals surface area (Å²) in [6, 6.07) is 17.9. The van der Waals surface area contributed by atoms with Crippen LogP contribution >= 0.6 is 15.9 Å². The second-order valence-corrected chi connectivity index (χ2v) is 8.05. The van der Waals surface area contributed by atoms with Crippen molar-refractivity contribution >= 4 is 39.1 Å². The molecular weight excluding hydrogens is 487 g/mol. The standard InChI is InChI=1S/C24H15BrF3NO3/c25-17-11-9-14(10-12-17)20-19(21(30)15-5-2-1-3-6-15)22(31)23(32)29(20)18-8-4-7-16(13-18)24(26,27)28/h1-13,20,30H/t20-/m0/s1. The van der Waals surface area contributed by atoms with Gasteiger partial charge in [-0.2, -0.15) is 13.2 Å². The largest absolute Gasteiger partial charge is 0.507 e. The Balaban J connectivity index is 1.94. The molecule has 3 aromatic carbocycles. The van der Waals surface area contributed by atoms with Gasteiger partial charge >= 0.3 is 6.18 Å². The molecule has 4 nitrogen and oxygen atoms in total. The molecule has 1 amide bonds. The Morgan fingerprint density at radius 2 is 1.56 bits per heavy atom. The maximum atomic E-state index is 13.3. The summed E-state index contributed by atoms with van der Waals surface area (Å²) in [7, 11) is 0. The zero-order valence-electron chi connectivity index (χ0n) is 16.3. The Morgan fingerprint density at radius 3 is 2.19 bits per heavy atom. The summed E-state index contributed by atoms with van der Waals surface area (Å²) in [6.45, 7) is 0. The van der Waals surface area contributed by atoms with Gasteiger partial charge in [0, 0.05) is 15.7 Å². The Kier molecular flexibility index (Phi) is 5.64. The number of halogens is 4. The minimum Gasteiger partial charge on any atom is -0.507 e. The molecule has 4 rings (SSSR count). The molecule has 1 fully saturated rings. The molecule has 1 atom stereocenters. The first-order chi connectivity index (χ1) is 15.2. The Labute approximate surface area is 189 Å². The minimum atomic E-state index is -4.62. The molecule has 0 spiro atoms. The highest BCUT2D eigenvalue weighted by Crippen LogP contribution is 2.43. The molecule has 1 aliphatic heterocycles. The van der Waals surface area contributed by atoms with E-state index in [4.69, 9.17) is 0 Å². The van der Waals surface area contributed by atoms with E-state index in [1.165, 1.54) is 12.1 Å². The number of amides is 1. The molecule has 3 aromatic rings. The number of Topliss-reactive ketones (excluding diaryl/α,β-unsaturated/α-hetero) is 1. The number of ketones is 1. The zero-order chi connectivity index (χ0) is 23.0. The summed E-state index contributed by atoms with van der Waals surface area (Å²) in [4.78, 5) is 27.0. The van der Waals surface area contributed by atoms with Gasteiger partial charge < -0.3 is 5.11 Å². The second kappa shape index (κ2) is 8.27. The summed E-state index contributed by atoms with van der Waals surface area (Å²) in [5.41, 5.74) is -0.462. The molecule has 0 aliphatic carbocycles. The summed E-state index contributed by atoms with van der Waals surface area (Å²) < 4.78 is 40.6. The fourth-order valence-corrected chi connectivity index (χ4v) is 3.91. The van der Waals surface area contributed by atoms with Gasteiger partial charge in [0.1, 0.15) is 5.76 Å². The predicted octanol–water partition coefficient (Wildman–Crippen LogP) is 6.09. The van der Waals surface area contributed by atoms with Crippen molar-refractivity contribution < 1.29 is 27.9 Å². The van der Waals surface area contributed by atoms with Gasteiger partial charge in [-0.25, -0.2) is 0 Å². The van der Waals surface area contributed by atoms with Crippen molar-refractivity contribution in [2.75, 3.05) is 4.90 Å². The lowest BCUT2D eigenvalue weighted by atomic mass is 9.95. The first-order valence-electron chi connectivity index (χ1n) is 9.47. The zero-order valence-corrected chi connectivity index (χ0v) is 17.9. The van der Waals surface area contributed by atoms with Gasteiger partial charge in [0.05, 0.1) is 17.2 Å². The smallest absolute Gasteiger partial charge is 0.416 e. The maximum Gasteiger partial charge on any atom is 0.416 e. The van der Waals surface area contributed by atoms with E-state index in [-0.39, 0.29) is 11.3 Å². The number of aliphatic hydroxyl groups excluding tert-OH is 1. The average molecular weight is 502 g/mol. The number of alkyl halides is 3. The molecule has 0 aromatic heterocycles. The Bertz CT molecular complexity index is 1220. The number of carbonyl (C=O) groups excluding carboxylic acids is 2. The lowest BCUT2D eigenvalue weighted by Crippen LogP contribution is -2.29. The van der Waals surface area contributed by atoms with Gasteiger partial charge in [0.2, 0.25) is 0 Å². The molecule has 1 heterocycles. The van der Waals surface area contributed by atoms with Gasteiger partial charge in [0.25, 0.3) is 11.7 Å². The van der Waals surface area contributed by atoms with Crippen molar-refractivity contribution in [3.05, 3.63) is 106 Å². The summed E-state index contributed by atoms with van der Waals surface area (Å²) in [5.74, 6) is -2.39. The number of aliphatic hydroxyl groups is 1. The van der Waals surface area contributed by atoms with Crippen LogP contribution in [0.2, 0.25) is 0 Å². The number of nitrogens with zero attached hydrogens (tertiary/aromatic N) is 1. The van der Waals surface area contributed by atoms with Gasteiger partial charge in [-0.05, 0) is 35.9 Å². The van der Waals surface area contributed by atoms with Crippen LogP contribution < -0.4 is 4.90 Å². The van der Waals surface area contributed by atoms with E-state index in [1.54, 1.807) is 54.6 Å². The lowest BCUT2D eigenvalue weighted by molar-refractivity contribution is -0.137. The van der Waals surface area contributed by atoms with Crippen molar-refractivity contribution in [3.63, 3.8) is 0 Å². The summed E-state index contributed by atoms with van der Waals surface area (Å²) >= 11 is 3.32. The van der Waals surface area contributed by atoms with Crippen molar-refractivity contribution in [2.45, 2.75) is 12.2 Å². The monoisotopic (exact) mass is 501 g/mol. The van der Waals surface area contributed by atoms with E-state index in [1.807, 2.05) is 0 Å². The van der Waals surface area contributed by atoms with Gasteiger partial charge in [0.15, 0.2) is 0 Å². The van der Waals surface area contributed by atoms with Crippen LogP contribution in [0.1, 0.15) is 22.7 Å². The van der Waals surface area contributed by atoms with Crippen LogP contribution in [0.15, 0.2) is 88.9 Å². The fraction of sp³-hybridized carbons (Fsp3) is 0.0833. The molecule has 0 saturated carbocycles. The van der Waals surface area contributed by atoms with E-state index in [9.17, 15) is 27.9 Å². The van der Waals surface area contributed by atoms with Crippen LogP contribution in [-0.4, -0.2) is 16.8 Å². The molecule has 162 valence electrons. The Hall–Kier alpha value is -3.39. The Morgan fingerprint density at radius 1 is 0.906 bits per heavy atom. The first-order valence-corrected chi connectivity index (χ1v) is 10.3. The van der Waals surface area contributed by atoms with E-state index in [0.717, 1.165) is 21.5 Å². The highest BCUT2D eigenvalue weighted by molar-refractivity contribution is 9.10. The average Bonchev–Trinajstić information content (AvgIpc) is 3.04. The minimum absolute atomic E-state index is 0.0954. The molecule has 1 aliphatic rings. The third kappa shape index (κ3) is 3.93. The van der Waals surface area contributed by atoms with Crippen molar-refractivity contribution in [1.29, 1.82) is 0 Å². The van der Waals surface area contributed by atoms with Crippen LogP contribution in [0.3, 0.4) is 0 Å².